The predicted octanol–water partition coefficient (Wildman–Crippen LogP) is 2.86. The van der Waals surface area contributed by atoms with E-state index in [9.17, 15) is 13.2 Å². The summed E-state index contributed by atoms with van der Waals surface area (Å²) in [6.07, 6.45) is 0. The Morgan fingerprint density at radius 3 is 2.56 bits per heavy atom. The number of nitrogens with one attached hydrogen (secondary N) is 1. The molecule has 0 spiro atoms. The van der Waals surface area contributed by atoms with Crippen LogP contribution < -0.4 is 10.1 Å². The van der Waals surface area contributed by atoms with Crippen LogP contribution in [0.2, 0.25) is 0 Å². The number of anilines is 1. The fourth-order valence-electron chi connectivity index (χ4n) is 2.88. The topological polar surface area (TPSA) is 106 Å². The van der Waals surface area contributed by atoms with E-state index in [1.165, 1.54) is 38.0 Å². The van der Waals surface area contributed by atoms with E-state index in [0.29, 0.717) is 22.4 Å². The van der Waals surface area contributed by atoms with Gasteiger partial charge < -0.3 is 14.6 Å². The third-order valence-corrected chi connectivity index (χ3v) is 7.66. The van der Waals surface area contributed by atoms with Crippen molar-refractivity contribution in [3.8, 4) is 17.1 Å². The molecule has 32 heavy (non-hydrogen) atoms. The highest BCUT2D eigenvalue weighted by atomic mass is 32.2. The second-order valence-corrected chi connectivity index (χ2v) is 10.6. The molecule has 0 bridgehead atoms. The molecule has 0 saturated heterocycles. The van der Waals surface area contributed by atoms with Crippen LogP contribution in [0.3, 0.4) is 0 Å². The van der Waals surface area contributed by atoms with Gasteiger partial charge in [-0.2, -0.15) is 0 Å². The van der Waals surface area contributed by atoms with Crippen molar-refractivity contribution in [2.24, 2.45) is 7.05 Å². The molecule has 3 rings (SSSR count). The molecule has 170 valence electrons. The number of aromatic nitrogens is 3. The van der Waals surface area contributed by atoms with Crippen LogP contribution in [0, 0.1) is 0 Å². The zero-order valence-electron chi connectivity index (χ0n) is 18.4. The number of hydrogen-bond acceptors (Lipinski definition) is 7. The molecule has 1 heterocycles. The van der Waals surface area contributed by atoms with Crippen molar-refractivity contribution in [2.45, 2.75) is 22.2 Å². The lowest BCUT2D eigenvalue weighted by atomic mass is 10.2. The number of sulfonamides is 1. The van der Waals surface area contributed by atoms with E-state index < -0.39 is 15.3 Å². The van der Waals surface area contributed by atoms with Gasteiger partial charge in [0.2, 0.25) is 15.9 Å². The maximum Gasteiger partial charge on any atom is 0.242 e. The molecule has 11 heteroatoms. The average Bonchev–Trinajstić information content (AvgIpc) is 3.13. The summed E-state index contributed by atoms with van der Waals surface area (Å²) in [6, 6.07) is 13.7. The second kappa shape index (κ2) is 9.72. The van der Waals surface area contributed by atoms with Gasteiger partial charge in [0.15, 0.2) is 11.0 Å². The predicted molar refractivity (Wildman–Crippen MR) is 124 cm³/mol. The number of thioether (sulfide) groups is 1. The number of carbonyl (C=O) groups is 1. The number of nitrogens with zero attached hydrogens (tertiary/aromatic N) is 4. The number of methoxy groups -OCH3 is 1. The van der Waals surface area contributed by atoms with Gasteiger partial charge in [0, 0.05) is 26.8 Å². The van der Waals surface area contributed by atoms with Crippen molar-refractivity contribution >= 4 is 33.4 Å². The Kier molecular flexibility index (Phi) is 7.22. The number of amides is 1. The van der Waals surface area contributed by atoms with Crippen LogP contribution in [0.4, 0.5) is 5.69 Å². The summed E-state index contributed by atoms with van der Waals surface area (Å²) < 4.78 is 33.0. The maximum atomic E-state index is 12.7. The number of rotatable bonds is 8. The first-order chi connectivity index (χ1) is 15.1. The Balaban J connectivity index is 1.74. The maximum absolute atomic E-state index is 12.7. The Morgan fingerprint density at radius 1 is 1.16 bits per heavy atom. The summed E-state index contributed by atoms with van der Waals surface area (Å²) in [4.78, 5) is 12.8. The number of hydrogen-bond donors (Lipinski definition) is 1. The summed E-state index contributed by atoms with van der Waals surface area (Å²) in [7, 11) is 2.74. The Bertz CT molecular complexity index is 1220. The minimum Gasteiger partial charge on any atom is -0.496 e. The highest BCUT2D eigenvalue weighted by molar-refractivity contribution is 8.00. The molecule has 0 saturated carbocycles. The second-order valence-electron chi connectivity index (χ2n) is 7.13. The van der Waals surface area contributed by atoms with E-state index in [2.05, 4.69) is 15.5 Å². The first-order valence-corrected chi connectivity index (χ1v) is 12.0. The Hall–Kier alpha value is -2.89. The molecule has 0 radical (unpaired) electrons. The quantitative estimate of drug-likeness (QED) is 0.499. The molecule has 1 amide bonds. The molecule has 1 N–H and O–H groups in total. The van der Waals surface area contributed by atoms with Gasteiger partial charge in [0.1, 0.15) is 5.75 Å². The van der Waals surface area contributed by atoms with E-state index in [0.717, 1.165) is 9.87 Å². The van der Waals surface area contributed by atoms with Gasteiger partial charge in [-0.15, -0.1) is 10.2 Å². The van der Waals surface area contributed by atoms with E-state index >= 15 is 0 Å². The van der Waals surface area contributed by atoms with Crippen LogP contribution in [0.5, 0.6) is 5.75 Å². The lowest BCUT2D eigenvalue weighted by molar-refractivity contribution is -0.115. The highest BCUT2D eigenvalue weighted by Crippen LogP contribution is 2.31. The SMILES string of the molecule is COc1ccccc1-c1nnc(SC(C)C(=O)Nc2cccc(S(=O)(=O)N(C)C)c2)n1C. The Morgan fingerprint density at radius 2 is 1.88 bits per heavy atom. The fourth-order valence-corrected chi connectivity index (χ4v) is 4.64. The minimum atomic E-state index is -3.59. The lowest BCUT2D eigenvalue weighted by Crippen LogP contribution is -2.24. The molecule has 2 aromatic carbocycles. The summed E-state index contributed by atoms with van der Waals surface area (Å²) in [6.45, 7) is 1.75. The standard InChI is InChI=1S/C21H25N5O4S2/c1-14(20(27)22-15-9-8-10-16(13-15)32(28,29)25(2)3)31-21-24-23-19(26(21)4)17-11-6-7-12-18(17)30-5/h6-14H,1-5H3,(H,22,27). The van der Waals surface area contributed by atoms with Crippen molar-refractivity contribution in [3.05, 3.63) is 48.5 Å². The van der Waals surface area contributed by atoms with Gasteiger partial charge >= 0.3 is 0 Å². The van der Waals surface area contributed by atoms with Crippen LogP contribution in [0.25, 0.3) is 11.4 Å². The number of para-hydroxylation sites is 1. The number of benzene rings is 2. The van der Waals surface area contributed by atoms with Crippen LogP contribution in [0.1, 0.15) is 6.92 Å². The van der Waals surface area contributed by atoms with Gasteiger partial charge in [-0.25, -0.2) is 12.7 Å². The zero-order valence-corrected chi connectivity index (χ0v) is 20.1. The third kappa shape index (κ3) is 4.95. The summed E-state index contributed by atoms with van der Waals surface area (Å²) in [5.74, 6) is 1.02. The van der Waals surface area contributed by atoms with Crippen molar-refractivity contribution < 1.29 is 17.9 Å². The van der Waals surface area contributed by atoms with E-state index in [1.807, 2.05) is 31.3 Å². The van der Waals surface area contributed by atoms with Crippen LogP contribution in [-0.2, 0) is 21.9 Å². The minimum absolute atomic E-state index is 0.107. The van der Waals surface area contributed by atoms with Crippen LogP contribution in [0.15, 0.2) is 58.6 Å². The van der Waals surface area contributed by atoms with Crippen molar-refractivity contribution in [1.29, 1.82) is 0 Å². The molecular weight excluding hydrogens is 450 g/mol. The van der Waals surface area contributed by atoms with Crippen LogP contribution >= 0.6 is 11.8 Å². The monoisotopic (exact) mass is 475 g/mol. The van der Waals surface area contributed by atoms with E-state index in [1.54, 1.807) is 30.7 Å². The van der Waals surface area contributed by atoms with Gasteiger partial charge in [0.25, 0.3) is 0 Å². The van der Waals surface area contributed by atoms with Gasteiger partial charge in [-0.3, -0.25) is 4.79 Å². The molecule has 0 aliphatic carbocycles. The lowest BCUT2D eigenvalue weighted by Gasteiger charge is -2.14. The molecule has 1 unspecified atom stereocenters. The highest BCUT2D eigenvalue weighted by Gasteiger charge is 2.22. The van der Waals surface area contributed by atoms with Gasteiger partial charge in [0.05, 0.1) is 22.8 Å². The van der Waals surface area contributed by atoms with Crippen molar-refractivity contribution in [1.82, 2.24) is 19.1 Å². The molecule has 1 atom stereocenters. The Labute approximate surface area is 191 Å². The summed E-state index contributed by atoms with van der Waals surface area (Å²) in [5, 5.41) is 11.3. The molecule has 1 aromatic heterocycles. The first-order valence-electron chi connectivity index (χ1n) is 9.68. The van der Waals surface area contributed by atoms with E-state index in [-0.39, 0.29) is 10.8 Å². The largest absolute Gasteiger partial charge is 0.496 e. The van der Waals surface area contributed by atoms with Gasteiger partial charge in [-0.05, 0) is 37.3 Å². The third-order valence-electron chi connectivity index (χ3n) is 4.71. The van der Waals surface area contributed by atoms with Crippen molar-refractivity contribution in [2.75, 3.05) is 26.5 Å². The first kappa shape index (κ1) is 23.8. The van der Waals surface area contributed by atoms with E-state index in [4.69, 9.17) is 4.74 Å². The molecule has 0 aliphatic heterocycles. The molecular formula is C21H25N5O4S2. The van der Waals surface area contributed by atoms with Crippen molar-refractivity contribution in [3.63, 3.8) is 0 Å². The summed E-state index contributed by atoms with van der Waals surface area (Å²) >= 11 is 1.25. The summed E-state index contributed by atoms with van der Waals surface area (Å²) in [5.41, 5.74) is 1.20. The number of carbonyl (C=O) groups excluding carboxylic acids is 1. The molecule has 0 fully saturated rings. The van der Waals surface area contributed by atoms with Gasteiger partial charge in [-0.1, -0.05) is 30.0 Å². The fraction of sp³-hybridized carbons (Fsp3) is 0.286. The average molecular weight is 476 g/mol. The molecule has 9 nitrogen and oxygen atoms in total. The molecule has 3 aromatic rings. The number of ether oxygens (including phenoxy) is 1. The smallest absolute Gasteiger partial charge is 0.242 e. The molecule has 0 aliphatic rings. The zero-order chi connectivity index (χ0) is 23.5. The van der Waals surface area contributed by atoms with Crippen LogP contribution in [-0.4, -0.2) is 59.8 Å². The normalized spacial score (nSPS) is 12.6.